The Kier molecular flexibility index (Phi) is 3.17. The maximum atomic E-state index is 13.0. The number of aliphatic hydroxyl groups excluding tert-OH is 1. The molecule has 1 aliphatic heterocycles. The van der Waals surface area contributed by atoms with Crippen molar-refractivity contribution in [2.45, 2.75) is 6.04 Å². The van der Waals surface area contributed by atoms with Crippen molar-refractivity contribution < 1.29 is 14.3 Å². The van der Waals surface area contributed by atoms with E-state index in [9.17, 15) is 9.18 Å². The van der Waals surface area contributed by atoms with E-state index in [1.807, 2.05) is 0 Å². The predicted molar refractivity (Wildman–Crippen MR) is 57.6 cm³/mol. The zero-order valence-electron chi connectivity index (χ0n) is 8.69. The lowest BCUT2D eigenvalue weighted by Crippen LogP contribution is -2.56. The Morgan fingerprint density at radius 2 is 2.38 bits per heavy atom. The van der Waals surface area contributed by atoms with Crippen molar-refractivity contribution >= 4 is 11.6 Å². The monoisotopic (exact) mass is 224 g/mol. The molecule has 2 rings (SSSR count). The summed E-state index contributed by atoms with van der Waals surface area (Å²) in [6.07, 6.45) is 0. The molecule has 0 spiro atoms. The van der Waals surface area contributed by atoms with Crippen LogP contribution in [0, 0.1) is 5.82 Å². The first kappa shape index (κ1) is 11.0. The third kappa shape index (κ3) is 2.05. The summed E-state index contributed by atoms with van der Waals surface area (Å²) in [5, 5.41) is 11.9. The van der Waals surface area contributed by atoms with Crippen LogP contribution in [-0.2, 0) is 4.79 Å². The Morgan fingerprint density at radius 3 is 3.06 bits per heavy atom. The van der Waals surface area contributed by atoms with E-state index in [1.165, 1.54) is 17.0 Å². The van der Waals surface area contributed by atoms with Gasteiger partial charge in [-0.1, -0.05) is 6.07 Å². The molecule has 1 amide bonds. The zero-order chi connectivity index (χ0) is 11.5. The highest BCUT2D eigenvalue weighted by Crippen LogP contribution is 2.17. The fourth-order valence-electron chi connectivity index (χ4n) is 1.78. The van der Waals surface area contributed by atoms with Gasteiger partial charge in [0.05, 0.1) is 6.61 Å². The Bertz CT molecular complexity index is 397. The predicted octanol–water partition coefficient (Wildman–Crippen LogP) is 0.123. The summed E-state index contributed by atoms with van der Waals surface area (Å²) in [5.41, 5.74) is 0.532. The molecule has 16 heavy (non-hydrogen) atoms. The van der Waals surface area contributed by atoms with E-state index >= 15 is 0 Å². The summed E-state index contributed by atoms with van der Waals surface area (Å²) in [6, 6.07) is 5.31. The maximum absolute atomic E-state index is 13.0. The van der Waals surface area contributed by atoms with E-state index in [-0.39, 0.29) is 18.3 Å². The summed E-state index contributed by atoms with van der Waals surface area (Å²) in [4.78, 5) is 13.3. The summed E-state index contributed by atoms with van der Waals surface area (Å²) >= 11 is 0. The van der Waals surface area contributed by atoms with Crippen LogP contribution in [0.3, 0.4) is 0 Å². The van der Waals surface area contributed by atoms with Gasteiger partial charge < -0.3 is 15.3 Å². The van der Waals surface area contributed by atoms with Gasteiger partial charge in [-0.2, -0.15) is 0 Å². The van der Waals surface area contributed by atoms with E-state index < -0.39 is 6.04 Å². The first-order chi connectivity index (χ1) is 7.72. The third-order valence-corrected chi connectivity index (χ3v) is 2.59. The maximum Gasteiger partial charge on any atom is 0.246 e. The number of carbonyl (C=O) groups is 1. The Labute approximate surface area is 92.7 Å². The highest BCUT2D eigenvalue weighted by atomic mass is 19.1. The number of aliphatic hydroxyl groups is 1. The third-order valence-electron chi connectivity index (χ3n) is 2.59. The second-order valence-corrected chi connectivity index (χ2v) is 3.66. The van der Waals surface area contributed by atoms with Crippen LogP contribution in [-0.4, -0.2) is 36.8 Å². The van der Waals surface area contributed by atoms with Crippen molar-refractivity contribution in [3.63, 3.8) is 0 Å². The van der Waals surface area contributed by atoms with Gasteiger partial charge in [0.1, 0.15) is 11.9 Å². The van der Waals surface area contributed by atoms with Crippen LogP contribution < -0.4 is 10.2 Å². The van der Waals surface area contributed by atoms with E-state index in [4.69, 9.17) is 5.11 Å². The van der Waals surface area contributed by atoms with Gasteiger partial charge in [-0.3, -0.25) is 4.79 Å². The average Bonchev–Trinajstić information content (AvgIpc) is 2.29. The van der Waals surface area contributed by atoms with Gasteiger partial charge in [0.25, 0.3) is 0 Å². The molecule has 0 saturated carbocycles. The van der Waals surface area contributed by atoms with E-state index in [2.05, 4.69) is 5.32 Å². The SMILES string of the molecule is O=C1C(CO)NCCN1c1cccc(F)c1. The van der Waals surface area contributed by atoms with E-state index in [0.717, 1.165) is 0 Å². The molecule has 1 fully saturated rings. The molecule has 1 aromatic carbocycles. The molecule has 1 unspecified atom stereocenters. The normalized spacial score (nSPS) is 21.2. The number of amides is 1. The van der Waals surface area contributed by atoms with Crippen LogP contribution in [0.5, 0.6) is 0 Å². The van der Waals surface area contributed by atoms with Gasteiger partial charge in [0, 0.05) is 18.8 Å². The van der Waals surface area contributed by atoms with Gasteiger partial charge >= 0.3 is 0 Å². The standard InChI is InChI=1S/C11H13FN2O2/c12-8-2-1-3-9(6-8)14-5-4-13-10(7-15)11(14)16/h1-3,6,10,13,15H,4-5,7H2. The molecule has 86 valence electrons. The minimum Gasteiger partial charge on any atom is -0.394 e. The number of nitrogens with zero attached hydrogens (tertiary/aromatic N) is 1. The highest BCUT2D eigenvalue weighted by Gasteiger charge is 2.28. The Balaban J connectivity index is 2.23. The van der Waals surface area contributed by atoms with Crippen molar-refractivity contribution in [3.05, 3.63) is 30.1 Å². The van der Waals surface area contributed by atoms with Gasteiger partial charge in [-0.15, -0.1) is 0 Å². The molecular formula is C11H13FN2O2. The van der Waals surface area contributed by atoms with Gasteiger partial charge in [-0.25, -0.2) is 4.39 Å². The fourth-order valence-corrected chi connectivity index (χ4v) is 1.78. The molecule has 1 atom stereocenters. The molecule has 1 saturated heterocycles. The molecule has 0 aromatic heterocycles. The van der Waals surface area contributed by atoms with Crippen molar-refractivity contribution in [1.82, 2.24) is 5.32 Å². The number of rotatable bonds is 2. The molecule has 1 heterocycles. The fraction of sp³-hybridized carbons (Fsp3) is 0.364. The van der Waals surface area contributed by atoms with Crippen LogP contribution in [0.15, 0.2) is 24.3 Å². The Hall–Kier alpha value is -1.46. The second kappa shape index (κ2) is 4.59. The van der Waals surface area contributed by atoms with Crippen LogP contribution in [0.1, 0.15) is 0 Å². The lowest BCUT2D eigenvalue weighted by atomic mass is 10.1. The number of benzene rings is 1. The number of anilines is 1. The van der Waals surface area contributed by atoms with Crippen LogP contribution in [0.4, 0.5) is 10.1 Å². The Morgan fingerprint density at radius 1 is 1.56 bits per heavy atom. The number of carbonyl (C=O) groups excluding carboxylic acids is 1. The number of hydrogen-bond donors (Lipinski definition) is 2. The van der Waals surface area contributed by atoms with Gasteiger partial charge in [0.2, 0.25) is 5.91 Å². The summed E-state index contributed by atoms with van der Waals surface area (Å²) in [5.74, 6) is -0.594. The quantitative estimate of drug-likeness (QED) is 0.750. The molecule has 1 aliphatic rings. The lowest BCUT2D eigenvalue weighted by Gasteiger charge is -2.32. The van der Waals surface area contributed by atoms with Gasteiger partial charge in [0.15, 0.2) is 0 Å². The number of hydrogen-bond acceptors (Lipinski definition) is 3. The number of piperazine rings is 1. The number of nitrogens with one attached hydrogen (secondary N) is 1. The van der Waals surface area contributed by atoms with Crippen molar-refractivity contribution in [3.8, 4) is 0 Å². The second-order valence-electron chi connectivity index (χ2n) is 3.66. The average molecular weight is 224 g/mol. The smallest absolute Gasteiger partial charge is 0.246 e. The molecule has 2 N–H and O–H groups in total. The molecule has 0 aliphatic carbocycles. The van der Waals surface area contributed by atoms with Crippen LogP contribution in [0.25, 0.3) is 0 Å². The summed E-state index contributed by atoms with van der Waals surface area (Å²) in [6.45, 7) is 0.830. The minimum atomic E-state index is -0.586. The topological polar surface area (TPSA) is 52.6 Å². The molecule has 1 aromatic rings. The van der Waals surface area contributed by atoms with Crippen molar-refractivity contribution in [2.75, 3.05) is 24.6 Å². The first-order valence-corrected chi connectivity index (χ1v) is 5.13. The van der Waals surface area contributed by atoms with Crippen molar-refractivity contribution in [2.24, 2.45) is 0 Å². The first-order valence-electron chi connectivity index (χ1n) is 5.13. The largest absolute Gasteiger partial charge is 0.394 e. The molecule has 0 bridgehead atoms. The lowest BCUT2D eigenvalue weighted by molar-refractivity contribution is -0.122. The minimum absolute atomic E-state index is 0.223. The van der Waals surface area contributed by atoms with E-state index in [0.29, 0.717) is 18.8 Å². The molecular weight excluding hydrogens is 211 g/mol. The molecule has 4 nitrogen and oxygen atoms in total. The van der Waals surface area contributed by atoms with Gasteiger partial charge in [-0.05, 0) is 18.2 Å². The molecule has 5 heteroatoms. The number of halogens is 1. The van der Waals surface area contributed by atoms with Crippen LogP contribution in [0.2, 0.25) is 0 Å². The summed E-state index contributed by atoms with van der Waals surface area (Å²) < 4.78 is 13.0. The molecule has 0 radical (unpaired) electrons. The van der Waals surface area contributed by atoms with Crippen molar-refractivity contribution in [1.29, 1.82) is 0 Å². The van der Waals surface area contributed by atoms with E-state index in [1.54, 1.807) is 12.1 Å². The highest BCUT2D eigenvalue weighted by molar-refractivity contribution is 5.98. The summed E-state index contributed by atoms with van der Waals surface area (Å²) in [7, 11) is 0. The zero-order valence-corrected chi connectivity index (χ0v) is 8.69. The van der Waals surface area contributed by atoms with Crippen LogP contribution >= 0.6 is 0 Å².